The highest BCUT2D eigenvalue weighted by Crippen LogP contribution is 2.45. The minimum Gasteiger partial charge on any atom is -0.493 e. The van der Waals surface area contributed by atoms with Gasteiger partial charge in [-0.1, -0.05) is 0 Å². The van der Waals surface area contributed by atoms with E-state index in [-0.39, 0.29) is 0 Å². The summed E-state index contributed by atoms with van der Waals surface area (Å²) in [5.74, 6) is 0.436. The lowest BCUT2D eigenvalue weighted by Gasteiger charge is -2.27. The van der Waals surface area contributed by atoms with Crippen molar-refractivity contribution in [3.05, 3.63) is 17.2 Å². The summed E-state index contributed by atoms with van der Waals surface area (Å²) in [5.41, 5.74) is 1.51. The number of aliphatic carboxylic acids is 1. The van der Waals surface area contributed by atoms with Crippen LogP contribution in [0.4, 0.5) is 0 Å². The molecule has 1 atom stereocenters. The smallest absolute Gasteiger partial charge is 0.325 e. The topological polar surface area (TPSA) is 77.0 Å². The molecule has 0 fully saturated rings. The number of carboxylic acids is 1. The van der Waals surface area contributed by atoms with E-state index in [1.54, 1.807) is 7.11 Å². The normalized spacial score (nSPS) is 17.5. The van der Waals surface area contributed by atoms with Gasteiger partial charge in [0.1, 0.15) is 6.04 Å². The largest absolute Gasteiger partial charge is 0.493 e. The Bertz CT molecular complexity index is 500. The Labute approximate surface area is 111 Å². The molecule has 1 heterocycles. The van der Waals surface area contributed by atoms with E-state index in [4.69, 9.17) is 14.2 Å². The van der Waals surface area contributed by atoms with Gasteiger partial charge in [-0.05, 0) is 18.1 Å². The fraction of sp³-hybridized carbons (Fsp3) is 0.462. The van der Waals surface area contributed by atoms with Gasteiger partial charge in [0, 0.05) is 12.1 Å². The second-order valence-corrected chi connectivity index (χ2v) is 4.19. The van der Waals surface area contributed by atoms with Crippen molar-refractivity contribution in [3.63, 3.8) is 0 Å². The van der Waals surface area contributed by atoms with Gasteiger partial charge in [0.25, 0.3) is 0 Å². The van der Waals surface area contributed by atoms with Gasteiger partial charge in [-0.2, -0.15) is 0 Å². The zero-order valence-corrected chi connectivity index (χ0v) is 11.1. The number of hydrogen-bond acceptors (Lipinski definition) is 5. The maximum Gasteiger partial charge on any atom is 0.325 e. The van der Waals surface area contributed by atoms with Crippen LogP contribution in [-0.2, 0) is 11.2 Å². The molecule has 1 unspecified atom stereocenters. The summed E-state index contributed by atoms with van der Waals surface area (Å²) in [6, 6.07) is 1.02. The summed E-state index contributed by atoms with van der Waals surface area (Å²) < 4.78 is 15.9. The monoisotopic (exact) mass is 267 g/mol. The highest BCUT2D eigenvalue weighted by atomic mass is 16.5. The fourth-order valence-corrected chi connectivity index (χ4v) is 2.42. The molecule has 19 heavy (non-hydrogen) atoms. The number of benzene rings is 1. The molecule has 0 amide bonds. The summed E-state index contributed by atoms with van der Waals surface area (Å²) >= 11 is 0. The highest BCUT2D eigenvalue weighted by Gasteiger charge is 2.32. The van der Waals surface area contributed by atoms with Gasteiger partial charge in [-0.15, -0.1) is 0 Å². The van der Waals surface area contributed by atoms with Crippen molar-refractivity contribution in [2.75, 3.05) is 27.9 Å². The molecule has 2 rings (SSSR count). The molecule has 0 saturated heterocycles. The van der Waals surface area contributed by atoms with Gasteiger partial charge in [-0.3, -0.25) is 4.79 Å². The molecule has 6 nitrogen and oxygen atoms in total. The van der Waals surface area contributed by atoms with E-state index in [0.29, 0.717) is 29.4 Å². The third-order valence-electron chi connectivity index (χ3n) is 3.23. The van der Waals surface area contributed by atoms with E-state index in [2.05, 4.69) is 5.32 Å². The molecule has 0 bridgehead atoms. The first-order chi connectivity index (χ1) is 9.13. The van der Waals surface area contributed by atoms with E-state index in [9.17, 15) is 9.90 Å². The summed E-state index contributed by atoms with van der Waals surface area (Å²) in [6.07, 6.45) is 0.718. The van der Waals surface area contributed by atoms with Crippen LogP contribution >= 0.6 is 0 Å². The third-order valence-corrected chi connectivity index (χ3v) is 3.23. The first-order valence-corrected chi connectivity index (χ1v) is 5.92. The van der Waals surface area contributed by atoms with E-state index in [1.807, 2.05) is 6.07 Å². The zero-order chi connectivity index (χ0) is 14.0. The van der Waals surface area contributed by atoms with Crippen molar-refractivity contribution >= 4 is 5.97 Å². The number of nitrogens with one attached hydrogen (secondary N) is 1. The van der Waals surface area contributed by atoms with Crippen molar-refractivity contribution in [2.45, 2.75) is 12.5 Å². The second kappa shape index (κ2) is 5.36. The van der Waals surface area contributed by atoms with Crippen molar-refractivity contribution in [3.8, 4) is 17.2 Å². The summed E-state index contributed by atoms with van der Waals surface area (Å²) in [7, 11) is 4.53. The molecular weight excluding hydrogens is 250 g/mol. The van der Waals surface area contributed by atoms with Crippen LogP contribution in [0.3, 0.4) is 0 Å². The molecule has 6 heteroatoms. The summed E-state index contributed by atoms with van der Waals surface area (Å²) in [6.45, 7) is 0.600. The van der Waals surface area contributed by atoms with Crippen LogP contribution in [0.15, 0.2) is 6.07 Å². The molecule has 104 valence electrons. The Morgan fingerprint density at radius 1 is 1.26 bits per heavy atom. The Morgan fingerprint density at radius 3 is 2.47 bits per heavy atom. The zero-order valence-electron chi connectivity index (χ0n) is 11.1. The average Bonchev–Trinajstić information content (AvgIpc) is 2.43. The molecule has 0 saturated carbocycles. The molecular formula is C13H17NO5. The highest BCUT2D eigenvalue weighted by molar-refractivity contribution is 5.79. The van der Waals surface area contributed by atoms with E-state index in [1.165, 1.54) is 14.2 Å². The lowest BCUT2D eigenvalue weighted by atomic mass is 9.92. The predicted molar refractivity (Wildman–Crippen MR) is 68.2 cm³/mol. The third kappa shape index (κ3) is 2.19. The lowest BCUT2D eigenvalue weighted by molar-refractivity contribution is -0.139. The standard InChI is InChI=1S/C13H17NO5/c1-17-8-6-7-4-5-14-10(13(15)16)9(7)12(19-3)11(8)18-2/h6,10,14H,4-5H2,1-3H3,(H,15,16). The van der Waals surface area contributed by atoms with Crippen LogP contribution in [0.2, 0.25) is 0 Å². The van der Waals surface area contributed by atoms with Crippen molar-refractivity contribution in [2.24, 2.45) is 0 Å². The quantitative estimate of drug-likeness (QED) is 0.847. The Kier molecular flexibility index (Phi) is 3.80. The number of rotatable bonds is 4. The molecule has 1 aromatic carbocycles. The van der Waals surface area contributed by atoms with Crippen LogP contribution in [0.1, 0.15) is 17.2 Å². The lowest BCUT2D eigenvalue weighted by Crippen LogP contribution is -2.35. The van der Waals surface area contributed by atoms with Crippen LogP contribution in [0.5, 0.6) is 17.2 Å². The molecule has 1 aliphatic rings. The second-order valence-electron chi connectivity index (χ2n) is 4.19. The van der Waals surface area contributed by atoms with Gasteiger partial charge in [0.2, 0.25) is 5.75 Å². The Balaban J connectivity index is 2.68. The van der Waals surface area contributed by atoms with Crippen LogP contribution in [0.25, 0.3) is 0 Å². The van der Waals surface area contributed by atoms with Crippen LogP contribution in [0, 0.1) is 0 Å². The SMILES string of the molecule is COc1cc2c(c(OC)c1OC)C(C(=O)O)NCC2. The number of carbonyl (C=O) groups is 1. The molecule has 2 N–H and O–H groups in total. The molecule has 0 spiro atoms. The van der Waals surface area contributed by atoms with Gasteiger partial charge in [-0.25, -0.2) is 0 Å². The summed E-state index contributed by atoms with van der Waals surface area (Å²) in [4.78, 5) is 11.3. The number of ether oxygens (including phenoxy) is 3. The molecule has 1 aromatic rings. The van der Waals surface area contributed by atoms with Crippen LogP contribution in [-0.4, -0.2) is 38.9 Å². The maximum absolute atomic E-state index is 11.3. The number of methoxy groups -OCH3 is 3. The molecule has 0 aromatic heterocycles. The van der Waals surface area contributed by atoms with Gasteiger partial charge in [0.05, 0.1) is 21.3 Å². The van der Waals surface area contributed by atoms with Crippen molar-refractivity contribution in [1.29, 1.82) is 0 Å². The van der Waals surface area contributed by atoms with Crippen LogP contribution < -0.4 is 19.5 Å². The summed E-state index contributed by atoms with van der Waals surface area (Å²) in [5, 5.41) is 12.3. The van der Waals surface area contributed by atoms with Gasteiger partial charge < -0.3 is 24.6 Å². The van der Waals surface area contributed by atoms with E-state index >= 15 is 0 Å². The van der Waals surface area contributed by atoms with Gasteiger partial charge >= 0.3 is 5.97 Å². The molecule has 1 aliphatic heterocycles. The fourth-order valence-electron chi connectivity index (χ4n) is 2.42. The minimum absolute atomic E-state index is 0.413. The first-order valence-electron chi connectivity index (χ1n) is 5.92. The number of hydrogen-bond donors (Lipinski definition) is 2. The van der Waals surface area contributed by atoms with E-state index in [0.717, 1.165) is 12.0 Å². The van der Waals surface area contributed by atoms with Crippen molar-refractivity contribution in [1.82, 2.24) is 5.32 Å². The Morgan fingerprint density at radius 2 is 1.95 bits per heavy atom. The maximum atomic E-state index is 11.3. The predicted octanol–water partition coefficient (Wildman–Crippen LogP) is 0.984. The number of fused-ring (bicyclic) bond motifs is 1. The average molecular weight is 267 g/mol. The molecule has 0 radical (unpaired) electrons. The van der Waals surface area contributed by atoms with Gasteiger partial charge in [0.15, 0.2) is 11.5 Å². The molecule has 0 aliphatic carbocycles. The van der Waals surface area contributed by atoms with Crippen molar-refractivity contribution < 1.29 is 24.1 Å². The number of carboxylic acid groups (broad SMARTS) is 1. The van der Waals surface area contributed by atoms with E-state index < -0.39 is 12.0 Å². The first kappa shape index (κ1) is 13.5. The Hall–Kier alpha value is -1.95. The minimum atomic E-state index is -0.938.